The molecule has 4 N–H and O–H groups in total. The Hall–Kier alpha value is -6.30. The van der Waals surface area contributed by atoms with Crippen LogP contribution >= 0.6 is 0 Å². The van der Waals surface area contributed by atoms with E-state index in [1.807, 2.05) is 24.3 Å². The summed E-state index contributed by atoms with van der Waals surface area (Å²) in [6, 6.07) is 20.3. The maximum atomic E-state index is 12.9. The van der Waals surface area contributed by atoms with Crippen LogP contribution in [-0.4, -0.2) is 56.2 Å². The maximum Gasteiger partial charge on any atom is 0.343 e. The average molecular weight is 781 g/mol. The lowest BCUT2D eigenvalue weighted by Gasteiger charge is -2.31. The van der Waals surface area contributed by atoms with E-state index in [4.69, 9.17) is 9.47 Å². The normalized spacial score (nSPS) is 11.1. The van der Waals surface area contributed by atoms with Crippen LogP contribution in [0.1, 0.15) is 164 Å². The minimum atomic E-state index is -1.49. The van der Waals surface area contributed by atoms with Gasteiger partial charge in [-0.1, -0.05) is 109 Å². The van der Waals surface area contributed by atoms with Crippen molar-refractivity contribution in [2.24, 2.45) is 0 Å². The molecule has 4 aromatic rings. The van der Waals surface area contributed by atoms with Crippen molar-refractivity contribution < 1.29 is 58.7 Å². The molecule has 57 heavy (non-hydrogen) atoms. The van der Waals surface area contributed by atoms with Crippen molar-refractivity contribution in [2.75, 3.05) is 0 Å². The molecule has 0 unspecified atom stereocenters. The Kier molecular flexibility index (Phi) is 15.7. The summed E-state index contributed by atoms with van der Waals surface area (Å²) in [6.45, 7) is 4.31. The van der Waals surface area contributed by atoms with Gasteiger partial charge in [0.2, 0.25) is 0 Å². The fourth-order valence-corrected chi connectivity index (χ4v) is 6.78. The molecular weight excluding hydrogens is 732 g/mol. The van der Waals surface area contributed by atoms with Crippen molar-refractivity contribution in [2.45, 2.75) is 96.3 Å². The summed E-state index contributed by atoms with van der Waals surface area (Å²) in [6.07, 6.45) is 13.9. The van der Waals surface area contributed by atoms with Crippen molar-refractivity contribution in [3.63, 3.8) is 0 Å². The highest BCUT2D eigenvalue weighted by Crippen LogP contribution is 2.39. The number of rotatable bonds is 22. The smallest absolute Gasteiger partial charge is 0.343 e. The number of hydrogen-bond acceptors (Lipinski definition) is 8. The summed E-state index contributed by atoms with van der Waals surface area (Å²) in [5, 5.41) is 37.5. The van der Waals surface area contributed by atoms with Crippen LogP contribution in [-0.2, 0) is 5.41 Å². The van der Waals surface area contributed by atoms with E-state index in [1.54, 1.807) is 24.3 Å². The highest BCUT2D eigenvalue weighted by Gasteiger charge is 2.29. The molecule has 0 amide bonds. The van der Waals surface area contributed by atoms with E-state index >= 15 is 0 Å². The predicted octanol–water partition coefficient (Wildman–Crippen LogP) is 9.92. The summed E-state index contributed by atoms with van der Waals surface area (Å²) in [5.74, 6) is -7.16. The van der Waals surface area contributed by atoms with E-state index in [0.717, 1.165) is 61.1 Å². The molecule has 0 heterocycles. The molecule has 0 aliphatic carbocycles. The Labute approximate surface area is 331 Å². The van der Waals surface area contributed by atoms with E-state index in [0.29, 0.717) is 0 Å². The third-order valence-electron chi connectivity index (χ3n) is 10.1. The first-order valence-electron chi connectivity index (χ1n) is 19.1. The summed E-state index contributed by atoms with van der Waals surface area (Å²) >= 11 is 0. The number of unbranched alkanes of at least 4 members (excludes halogenated alkanes) is 10. The first kappa shape index (κ1) is 43.4. The van der Waals surface area contributed by atoms with Gasteiger partial charge in [0.15, 0.2) is 0 Å². The van der Waals surface area contributed by atoms with Crippen molar-refractivity contribution in [3.8, 4) is 11.5 Å². The second-order valence-corrected chi connectivity index (χ2v) is 14.2. The van der Waals surface area contributed by atoms with Crippen molar-refractivity contribution in [1.29, 1.82) is 0 Å². The van der Waals surface area contributed by atoms with Gasteiger partial charge in [0.25, 0.3) is 0 Å². The second-order valence-electron chi connectivity index (χ2n) is 14.2. The van der Waals surface area contributed by atoms with Gasteiger partial charge in [-0.25, -0.2) is 28.8 Å². The topological polar surface area (TPSA) is 202 Å². The zero-order valence-corrected chi connectivity index (χ0v) is 32.1. The molecule has 4 rings (SSSR count). The number of benzene rings is 4. The molecule has 0 saturated heterocycles. The van der Waals surface area contributed by atoms with Crippen LogP contribution in [0.3, 0.4) is 0 Å². The van der Waals surface area contributed by atoms with Crippen LogP contribution in [0.25, 0.3) is 0 Å². The summed E-state index contributed by atoms with van der Waals surface area (Å²) in [7, 11) is 0. The Morgan fingerprint density at radius 2 is 0.789 bits per heavy atom. The lowest BCUT2D eigenvalue weighted by atomic mass is 9.72. The Morgan fingerprint density at radius 1 is 0.456 bits per heavy atom. The number of esters is 2. The maximum absolute atomic E-state index is 12.9. The quantitative estimate of drug-likeness (QED) is 0.0334. The van der Waals surface area contributed by atoms with E-state index < -0.39 is 63.5 Å². The fraction of sp³-hybridized carbons (Fsp3) is 0.333. The highest BCUT2D eigenvalue weighted by atomic mass is 16.5. The number of carbonyl (C=O) groups is 6. The molecule has 12 heteroatoms. The molecular formula is C45H48O12. The highest BCUT2D eigenvalue weighted by molar-refractivity contribution is 6.05. The number of ether oxygens (including phenoxy) is 2. The number of aromatic carboxylic acids is 4. The lowest BCUT2D eigenvalue weighted by Crippen LogP contribution is -2.24. The lowest BCUT2D eigenvalue weighted by molar-refractivity contribution is 0.0650. The predicted molar refractivity (Wildman–Crippen MR) is 211 cm³/mol. The van der Waals surface area contributed by atoms with E-state index in [-0.39, 0.29) is 22.6 Å². The van der Waals surface area contributed by atoms with Gasteiger partial charge < -0.3 is 29.9 Å². The zero-order valence-electron chi connectivity index (χ0n) is 32.1. The Bertz CT molecular complexity index is 1930. The van der Waals surface area contributed by atoms with Crippen LogP contribution in [0.15, 0.2) is 84.9 Å². The third-order valence-corrected chi connectivity index (χ3v) is 10.1. The van der Waals surface area contributed by atoms with Gasteiger partial charge >= 0.3 is 35.8 Å². The molecule has 0 aliphatic rings. The number of carbonyl (C=O) groups excluding carboxylic acids is 2. The van der Waals surface area contributed by atoms with Gasteiger partial charge in [-0.3, -0.25) is 0 Å². The monoisotopic (exact) mass is 780 g/mol. The number of carboxylic acid groups (broad SMARTS) is 4. The van der Waals surface area contributed by atoms with Crippen LogP contribution in [0, 0.1) is 0 Å². The first-order valence-corrected chi connectivity index (χ1v) is 19.1. The SMILES string of the molecule is CCCCCCCCCCCCCC(C)(c1ccc(OC(=O)c2ccc(C(=O)O)c(C(=O)O)c2)cc1)c1ccc(OC(=O)c2ccc(C(=O)O)c(C(=O)O)c2)cc1. The van der Waals surface area contributed by atoms with Crippen LogP contribution in [0.5, 0.6) is 11.5 Å². The van der Waals surface area contributed by atoms with Crippen molar-refractivity contribution in [3.05, 3.63) is 129 Å². The minimum absolute atomic E-state index is 0.122. The Balaban J connectivity index is 1.50. The average Bonchev–Trinajstić information content (AvgIpc) is 3.19. The third kappa shape index (κ3) is 11.8. The zero-order chi connectivity index (χ0) is 41.5. The summed E-state index contributed by atoms with van der Waals surface area (Å²) < 4.78 is 11.0. The molecule has 0 atom stereocenters. The largest absolute Gasteiger partial charge is 0.478 e. The molecule has 0 spiro atoms. The molecule has 300 valence electrons. The van der Waals surface area contributed by atoms with Crippen LogP contribution < -0.4 is 9.47 Å². The van der Waals surface area contributed by atoms with Gasteiger partial charge in [-0.2, -0.15) is 0 Å². The van der Waals surface area contributed by atoms with Gasteiger partial charge in [-0.15, -0.1) is 0 Å². The summed E-state index contributed by atoms with van der Waals surface area (Å²) in [4.78, 5) is 72.0. The molecule has 0 aromatic heterocycles. The van der Waals surface area contributed by atoms with Gasteiger partial charge in [0, 0.05) is 5.41 Å². The molecule has 0 saturated carbocycles. The van der Waals surface area contributed by atoms with Gasteiger partial charge in [0.1, 0.15) is 11.5 Å². The van der Waals surface area contributed by atoms with Crippen LogP contribution in [0.4, 0.5) is 0 Å². The fourth-order valence-electron chi connectivity index (χ4n) is 6.78. The molecule has 0 aliphatic heterocycles. The first-order chi connectivity index (χ1) is 27.2. The van der Waals surface area contributed by atoms with Gasteiger partial charge in [0.05, 0.1) is 33.4 Å². The van der Waals surface area contributed by atoms with Crippen molar-refractivity contribution in [1.82, 2.24) is 0 Å². The van der Waals surface area contributed by atoms with Gasteiger partial charge in [-0.05, 0) is 78.2 Å². The molecule has 0 fully saturated rings. The molecule has 0 bridgehead atoms. The molecule has 4 aromatic carbocycles. The minimum Gasteiger partial charge on any atom is -0.478 e. The summed E-state index contributed by atoms with van der Waals surface area (Å²) in [5.41, 5.74) is -0.916. The van der Waals surface area contributed by atoms with Crippen molar-refractivity contribution >= 4 is 35.8 Å². The number of hydrogen-bond donors (Lipinski definition) is 4. The molecule has 0 radical (unpaired) electrons. The van der Waals surface area contributed by atoms with E-state index in [1.165, 1.54) is 63.5 Å². The number of carboxylic acids is 4. The van der Waals surface area contributed by atoms with E-state index in [9.17, 15) is 49.2 Å². The van der Waals surface area contributed by atoms with E-state index in [2.05, 4.69) is 13.8 Å². The van der Waals surface area contributed by atoms with Crippen LogP contribution in [0.2, 0.25) is 0 Å². The standard InChI is InChI=1S/C45H48O12/c1-3-4-5-6-7-8-9-10-11-12-13-26-45(2,31-16-20-33(21-17-31)56-43(54)29-14-24-35(39(46)47)37(27-29)41(50)51)32-18-22-34(23-19-32)57-44(55)30-15-25-36(40(48)49)38(28-30)42(52)53/h14-25,27-28H,3-13,26H2,1-2H3,(H,46,47)(H,48,49)(H,50,51)(H,52,53). The second kappa shape index (κ2) is 20.6. The molecule has 12 nitrogen and oxygen atoms in total. The Morgan fingerprint density at radius 3 is 1.12 bits per heavy atom.